The molecule has 0 amide bonds. The molecule has 3 aliphatic rings. The van der Waals surface area contributed by atoms with E-state index in [9.17, 15) is 4.79 Å². The molecule has 6 nitrogen and oxygen atoms in total. The van der Waals surface area contributed by atoms with Crippen LogP contribution in [-0.4, -0.2) is 65.8 Å². The molecule has 138 valence electrons. The number of carbonyl (C=O) groups excluding carboxylic acids is 1. The molecule has 0 bridgehead atoms. The number of rotatable bonds is 5. The van der Waals surface area contributed by atoms with Gasteiger partial charge in [0.1, 0.15) is 17.4 Å². The van der Waals surface area contributed by atoms with Crippen LogP contribution in [0.25, 0.3) is 0 Å². The summed E-state index contributed by atoms with van der Waals surface area (Å²) in [5, 5.41) is 4.23. The number of hydrogen-bond donors (Lipinski definition) is 0. The van der Waals surface area contributed by atoms with Crippen molar-refractivity contribution in [1.82, 2.24) is 14.9 Å². The van der Waals surface area contributed by atoms with Crippen LogP contribution in [0.5, 0.6) is 0 Å². The van der Waals surface area contributed by atoms with E-state index >= 15 is 0 Å². The lowest BCUT2D eigenvalue weighted by Gasteiger charge is -2.41. The van der Waals surface area contributed by atoms with Gasteiger partial charge in [0, 0.05) is 33.1 Å². The molecule has 3 aliphatic heterocycles. The lowest BCUT2D eigenvalue weighted by Crippen LogP contribution is -2.48. The Balaban J connectivity index is 2.01. The first-order valence-electron chi connectivity index (χ1n) is 8.91. The van der Waals surface area contributed by atoms with Crippen LogP contribution in [0.3, 0.4) is 0 Å². The smallest absolute Gasteiger partial charge is 0.178 e. The molecule has 0 N–H and O–H groups in total. The topological polar surface area (TPSA) is 48.4 Å². The van der Waals surface area contributed by atoms with Gasteiger partial charge in [-0.3, -0.25) is 4.79 Å². The van der Waals surface area contributed by atoms with E-state index in [2.05, 4.69) is 38.6 Å². The van der Waals surface area contributed by atoms with E-state index in [1.165, 1.54) is 0 Å². The van der Waals surface area contributed by atoms with Crippen molar-refractivity contribution in [2.45, 2.75) is 19.9 Å². The molecule has 0 spiro atoms. The standard InChI is InChI=1S/C20H26N4O2/c1-5-7-16(8-6-2)18-14-19-21-17(15(3)25)13-20(24(19)22(18)4)23-9-11-26-12-10-23/h5-8,13-14,18H,1,9-12H2,2-4H3/b8-6-,16-7+. The number of morpholine rings is 1. The Morgan fingerprint density at radius 3 is 2.73 bits per heavy atom. The van der Waals surface area contributed by atoms with E-state index in [1.54, 1.807) is 13.0 Å². The summed E-state index contributed by atoms with van der Waals surface area (Å²) in [6.07, 6.45) is 11.9. The highest BCUT2D eigenvalue weighted by Crippen LogP contribution is 2.34. The summed E-state index contributed by atoms with van der Waals surface area (Å²) in [5.74, 6) is 1.73. The third kappa shape index (κ3) is 3.43. The van der Waals surface area contributed by atoms with Crippen molar-refractivity contribution in [3.63, 3.8) is 0 Å². The number of nitrogens with zero attached hydrogens (tertiary/aromatic N) is 4. The monoisotopic (exact) mass is 354 g/mol. The molecule has 1 saturated heterocycles. The first kappa shape index (κ1) is 18.4. The number of hydrogen-bond acceptors (Lipinski definition) is 6. The fourth-order valence-electron chi connectivity index (χ4n) is 3.40. The number of likely N-dealkylation sites (N-methyl/N-ethyl adjacent to an activating group) is 1. The van der Waals surface area contributed by atoms with Gasteiger partial charge in [-0.15, -0.1) is 0 Å². The molecule has 3 heterocycles. The van der Waals surface area contributed by atoms with Gasteiger partial charge in [0.15, 0.2) is 5.78 Å². The summed E-state index contributed by atoms with van der Waals surface area (Å²) in [5.41, 5.74) is 1.61. The molecule has 0 aromatic heterocycles. The van der Waals surface area contributed by atoms with Gasteiger partial charge in [-0.1, -0.05) is 30.9 Å². The number of ether oxygens (including phenoxy) is 1. The number of Topliss-reactive ketones (excluding diaryl/α,β-unsaturated/α-hetero) is 1. The van der Waals surface area contributed by atoms with Gasteiger partial charge in [0.25, 0.3) is 0 Å². The van der Waals surface area contributed by atoms with Crippen molar-refractivity contribution < 1.29 is 9.53 Å². The van der Waals surface area contributed by atoms with Gasteiger partial charge in [0.2, 0.25) is 0 Å². The third-order valence-corrected chi connectivity index (χ3v) is 4.67. The largest absolute Gasteiger partial charge is 0.378 e. The molecular formula is C20H26N4O2. The van der Waals surface area contributed by atoms with Gasteiger partial charge < -0.3 is 9.64 Å². The predicted molar refractivity (Wildman–Crippen MR) is 103 cm³/mol. The second kappa shape index (κ2) is 7.85. The van der Waals surface area contributed by atoms with Crippen LogP contribution >= 0.6 is 0 Å². The van der Waals surface area contributed by atoms with Crippen molar-refractivity contribution in [3.05, 3.63) is 60.3 Å². The molecule has 1 atom stereocenters. The lowest BCUT2D eigenvalue weighted by atomic mass is 10.1. The van der Waals surface area contributed by atoms with Gasteiger partial charge in [-0.05, 0) is 18.6 Å². The Morgan fingerprint density at radius 1 is 1.38 bits per heavy atom. The number of fused-ring (bicyclic) bond motifs is 1. The molecule has 0 saturated carbocycles. The molecule has 1 unspecified atom stereocenters. The van der Waals surface area contributed by atoms with Crippen LogP contribution in [0, 0.1) is 0 Å². The molecule has 26 heavy (non-hydrogen) atoms. The second-order valence-corrected chi connectivity index (χ2v) is 6.41. The number of allylic oxidation sites excluding steroid dienone is 4. The third-order valence-electron chi connectivity index (χ3n) is 4.67. The zero-order chi connectivity index (χ0) is 18.7. The maximum absolute atomic E-state index is 12.0. The van der Waals surface area contributed by atoms with Crippen molar-refractivity contribution in [2.24, 2.45) is 4.99 Å². The Morgan fingerprint density at radius 2 is 2.12 bits per heavy atom. The summed E-state index contributed by atoms with van der Waals surface area (Å²) in [7, 11) is 2.04. The van der Waals surface area contributed by atoms with Crippen LogP contribution in [0.15, 0.2) is 65.2 Å². The molecule has 0 aliphatic carbocycles. The average molecular weight is 354 g/mol. The van der Waals surface area contributed by atoms with E-state index in [-0.39, 0.29) is 11.8 Å². The number of aliphatic imine (C=N–C) groups is 1. The molecule has 6 heteroatoms. The molecule has 0 aromatic rings. The van der Waals surface area contributed by atoms with Crippen molar-refractivity contribution in [3.8, 4) is 0 Å². The summed E-state index contributed by atoms with van der Waals surface area (Å²) < 4.78 is 5.48. The molecule has 0 aromatic carbocycles. The molecule has 0 radical (unpaired) electrons. The van der Waals surface area contributed by atoms with E-state index in [1.807, 2.05) is 32.2 Å². The summed E-state index contributed by atoms with van der Waals surface area (Å²) in [6, 6.07) is 0.0266. The van der Waals surface area contributed by atoms with E-state index in [0.717, 1.165) is 30.3 Å². The Bertz CT molecular complexity index is 739. The summed E-state index contributed by atoms with van der Waals surface area (Å²) >= 11 is 0. The Hall–Kier alpha value is -2.44. The average Bonchev–Trinajstić information content (AvgIpc) is 2.98. The minimum absolute atomic E-state index is 0.0266. The van der Waals surface area contributed by atoms with Crippen molar-refractivity contribution >= 4 is 11.5 Å². The summed E-state index contributed by atoms with van der Waals surface area (Å²) in [6.45, 7) is 10.3. The minimum atomic E-state index is -0.0299. The molecular weight excluding hydrogens is 328 g/mol. The van der Waals surface area contributed by atoms with Crippen LogP contribution < -0.4 is 0 Å². The van der Waals surface area contributed by atoms with E-state index in [4.69, 9.17) is 4.74 Å². The molecule has 1 fully saturated rings. The predicted octanol–water partition coefficient (Wildman–Crippen LogP) is 2.26. The highest BCUT2D eigenvalue weighted by molar-refractivity contribution is 6.44. The highest BCUT2D eigenvalue weighted by atomic mass is 16.5. The van der Waals surface area contributed by atoms with E-state index < -0.39 is 0 Å². The maximum atomic E-state index is 12.0. The van der Waals surface area contributed by atoms with Gasteiger partial charge in [-0.2, -0.15) is 0 Å². The zero-order valence-electron chi connectivity index (χ0n) is 15.7. The Labute approximate surface area is 155 Å². The van der Waals surface area contributed by atoms with Crippen LogP contribution in [0.4, 0.5) is 0 Å². The maximum Gasteiger partial charge on any atom is 0.178 e. The summed E-state index contributed by atoms with van der Waals surface area (Å²) in [4.78, 5) is 18.8. The van der Waals surface area contributed by atoms with Crippen LogP contribution in [0.2, 0.25) is 0 Å². The number of hydrazine groups is 1. The van der Waals surface area contributed by atoms with Crippen molar-refractivity contribution in [2.75, 3.05) is 33.4 Å². The van der Waals surface area contributed by atoms with Crippen LogP contribution in [0.1, 0.15) is 13.8 Å². The number of carbonyl (C=O) groups is 1. The Kier molecular flexibility index (Phi) is 5.54. The van der Waals surface area contributed by atoms with Crippen LogP contribution in [-0.2, 0) is 9.53 Å². The lowest BCUT2D eigenvalue weighted by molar-refractivity contribution is -0.111. The van der Waals surface area contributed by atoms with Gasteiger partial charge in [0.05, 0.1) is 19.3 Å². The van der Waals surface area contributed by atoms with Crippen molar-refractivity contribution in [1.29, 1.82) is 0 Å². The first-order valence-corrected chi connectivity index (χ1v) is 8.91. The zero-order valence-corrected chi connectivity index (χ0v) is 15.7. The second-order valence-electron chi connectivity index (χ2n) is 6.41. The fourth-order valence-corrected chi connectivity index (χ4v) is 3.40. The highest BCUT2D eigenvalue weighted by Gasteiger charge is 2.37. The normalized spacial score (nSPS) is 24.3. The fraction of sp³-hybridized carbons (Fsp3) is 0.400. The van der Waals surface area contributed by atoms with Gasteiger partial charge in [-0.25, -0.2) is 15.0 Å². The SMILES string of the molecule is C=C/C=C(\C=C/C)C1C=C2N=C(C(C)=O)C=C(N3CCOCC3)N2N1C. The number of ketones is 1. The van der Waals surface area contributed by atoms with E-state index in [0.29, 0.717) is 18.9 Å². The molecule has 3 rings (SSSR count). The minimum Gasteiger partial charge on any atom is -0.378 e. The van der Waals surface area contributed by atoms with Gasteiger partial charge >= 0.3 is 0 Å². The first-order chi connectivity index (χ1) is 12.6. The quantitative estimate of drug-likeness (QED) is 0.709.